The molecule has 0 bridgehead atoms. The van der Waals surface area contributed by atoms with Crippen LogP contribution in [0.15, 0.2) is 23.3 Å². The molecule has 0 aromatic rings. The molecule has 0 rings (SSSR count). The summed E-state index contributed by atoms with van der Waals surface area (Å²) in [5, 5.41) is 8.72. The fourth-order valence-corrected chi connectivity index (χ4v) is 1.05. The molecule has 0 amide bonds. The Bertz CT molecular complexity index is 189. The minimum Gasteiger partial charge on any atom is -0.392 e. The van der Waals surface area contributed by atoms with E-state index in [2.05, 4.69) is 33.8 Å². The Morgan fingerprint density at radius 1 is 1.31 bits per heavy atom. The second kappa shape index (κ2) is 6.90. The zero-order valence-electron chi connectivity index (χ0n) is 9.30. The number of aliphatic hydroxyl groups excluding tert-OH is 1. The Morgan fingerprint density at radius 2 is 1.92 bits per heavy atom. The summed E-state index contributed by atoms with van der Waals surface area (Å²) in [6.07, 6.45) is 6.40. The highest BCUT2D eigenvalue weighted by molar-refractivity contribution is 5.06. The van der Waals surface area contributed by atoms with Crippen molar-refractivity contribution >= 4 is 0 Å². The van der Waals surface area contributed by atoms with Crippen molar-refractivity contribution in [2.45, 2.75) is 40.5 Å². The normalized spacial score (nSPS) is 16.1. The van der Waals surface area contributed by atoms with Crippen molar-refractivity contribution in [3.63, 3.8) is 0 Å². The van der Waals surface area contributed by atoms with Gasteiger partial charge in [0, 0.05) is 0 Å². The summed E-state index contributed by atoms with van der Waals surface area (Å²) in [4.78, 5) is 0. The molecule has 0 fully saturated rings. The van der Waals surface area contributed by atoms with Gasteiger partial charge in [-0.3, -0.25) is 0 Å². The highest BCUT2D eigenvalue weighted by Crippen LogP contribution is 2.15. The second-order valence-electron chi connectivity index (χ2n) is 3.67. The van der Waals surface area contributed by atoms with E-state index in [1.165, 1.54) is 11.1 Å². The average Bonchev–Trinajstić information content (AvgIpc) is 2.13. The third-order valence-electron chi connectivity index (χ3n) is 2.57. The molecule has 1 N–H and O–H groups in total. The van der Waals surface area contributed by atoms with Crippen molar-refractivity contribution in [1.82, 2.24) is 0 Å². The average molecular weight is 182 g/mol. The van der Waals surface area contributed by atoms with Crippen LogP contribution in [-0.2, 0) is 0 Å². The summed E-state index contributed by atoms with van der Waals surface area (Å²) in [6, 6.07) is 0. The summed E-state index contributed by atoms with van der Waals surface area (Å²) in [5.41, 5.74) is 2.73. The van der Waals surface area contributed by atoms with E-state index in [1.807, 2.05) is 6.08 Å². The minimum absolute atomic E-state index is 0.159. The predicted molar refractivity (Wildman–Crippen MR) is 58.7 cm³/mol. The Hall–Kier alpha value is -0.560. The van der Waals surface area contributed by atoms with Gasteiger partial charge in [-0.15, -0.1) is 0 Å². The van der Waals surface area contributed by atoms with Crippen LogP contribution in [0.1, 0.15) is 40.5 Å². The third kappa shape index (κ3) is 5.64. The van der Waals surface area contributed by atoms with E-state index in [1.54, 1.807) is 0 Å². The van der Waals surface area contributed by atoms with Crippen molar-refractivity contribution in [1.29, 1.82) is 0 Å². The van der Waals surface area contributed by atoms with Crippen LogP contribution in [0.25, 0.3) is 0 Å². The van der Waals surface area contributed by atoms with Crippen molar-refractivity contribution in [3.8, 4) is 0 Å². The lowest BCUT2D eigenvalue weighted by atomic mass is 9.97. The highest BCUT2D eigenvalue weighted by atomic mass is 16.2. The molecule has 13 heavy (non-hydrogen) atoms. The molecule has 1 atom stereocenters. The topological polar surface area (TPSA) is 20.2 Å². The zero-order valence-corrected chi connectivity index (χ0v) is 9.30. The highest BCUT2D eigenvalue weighted by Gasteiger charge is 2.01. The van der Waals surface area contributed by atoms with Gasteiger partial charge in [-0.25, -0.2) is 0 Å². The van der Waals surface area contributed by atoms with Gasteiger partial charge in [-0.2, -0.15) is 0 Å². The zero-order chi connectivity index (χ0) is 10.3. The molecule has 0 saturated heterocycles. The van der Waals surface area contributed by atoms with E-state index < -0.39 is 0 Å². The van der Waals surface area contributed by atoms with E-state index in [9.17, 15) is 0 Å². The Kier molecular flexibility index (Phi) is 6.61. The lowest BCUT2D eigenvalue weighted by molar-refractivity contribution is 0.340. The molecule has 0 aliphatic heterocycles. The number of hydrogen-bond acceptors (Lipinski definition) is 1. The number of rotatable bonds is 5. The molecule has 0 radical (unpaired) electrons. The van der Waals surface area contributed by atoms with Gasteiger partial charge in [0.15, 0.2) is 0 Å². The molecule has 0 saturated carbocycles. The molecular formula is C12H22O. The number of hydrogen-bond donors (Lipinski definition) is 1. The van der Waals surface area contributed by atoms with Gasteiger partial charge in [0.05, 0.1) is 6.61 Å². The van der Waals surface area contributed by atoms with Crippen LogP contribution < -0.4 is 0 Å². The first-order valence-corrected chi connectivity index (χ1v) is 5.05. The van der Waals surface area contributed by atoms with Gasteiger partial charge in [0.1, 0.15) is 0 Å². The van der Waals surface area contributed by atoms with Gasteiger partial charge in [-0.05, 0) is 32.6 Å². The van der Waals surface area contributed by atoms with E-state index >= 15 is 0 Å². The summed E-state index contributed by atoms with van der Waals surface area (Å²) in [5.74, 6) is 0.550. The molecule has 76 valence electrons. The van der Waals surface area contributed by atoms with Crippen molar-refractivity contribution < 1.29 is 5.11 Å². The maximum absolute atomic E-state index is 8.72. The fourth-order valence-electron chi connectivity index (χ4n) is 1.05. The van der Waals surface area contributed by atoms with Crippen LogP contribution >= 0.6 is 0 Å². The van der Waals surface area contributed by atoms with Crippen LogP contribution in [-0.4, -0.2) is 11.7 Å². The molecule has 1 heteroatoms. The standard InChI is InChI=1S/C12H22O/c1-5-10(2)6-7-11(3)12(4)8-9-13/h6,8,11,13H,5,7,9H2,1-4H3/b10-6+,12-8+. The maximum atomic E-state index is 8.72. The first kappa shape index (κ1) is 12.4. The Morgan fingerprint density at radius 3 is 2.38 bits per heavy atom. The Labute approximate surface area is 82.2 Å². The molecule has 0 spiro atoms. The largest absolute Gasteiger partial charge is 0.392 e. The molecule has 0 heterocycles. The van der Waals surface area contributed by atoms with Crippen molar-refractivity contribution in [3.05, 3.63) is 23.3 Å². The third-order valence-corrected chi connectivity index (χ3v) is 2.57. The fraction of sp³-hybridized carbons (Fsp3) is 0.667. The predicted octanol–water partition coefficient (Wildman–Crippen LogP) is 3.31. The SMILES string of the molecule is CC/C(C)=C/CC(C)/C(C)=C/CO. The molecular weight excluding hydrogens is 160 g/mol. The van der Waals surface area contributed by atoms with Crippen LogP contribution in [0.4, 0.5) is 0 Å². The van der Waals surface area contributed by atoms with Gasteiger partial charge in [0.2, 0.25) is 0 Å². The number of aliphatic hydroxyl groups is 1. The molecule has 0 aliphatic carbocycles. The minimum atomic E-state index is 0.159. The molecule has 1 unspecified atom stereocenters. The van der Waals surface area contributed by atoms with Crippen LogP contribution in [0.3, 0.4) is 0 Å². The van der Waals surface area contributed by atoms with Crippen molar-refractivity contribution in [2.75, 3.05) is 6.61 Å². The smallest absolute Gasteiger partial charge is 0.0615 e. The summed E-state index contributed by atoms with van der Waals surface area (Å²) < 4.78 is 0. The van der Waals surface area contributed by atoms with Crippen LogP contribution in [0.2, 0.25) is 0 Å². The molecule has 0 aliphatic rings. The van der Waals surface area contributed by atoms with Gasteiger partial charge >= 0.3 is 0 Å². The van der Waals surface area contributed by atoms with E-state index in [4.69, 9.17) is 5.11 Å². The summed E-state index contributed by atoms with van der Waals surface area (Å²) >= 11 is 0. The second-order valence-corrected chi connectivity index (χ2v) is 3.67. The van der Waals surface area contributed by atoms with Crippen LogP contribution in [0.5, 0.6) is 0 Å². The quantitative estimate of drug-likeness (QED) is 0.647. The molecule has 1 nitrogen and oxygen atoms in total. The van der Waals surface area contributed by atoms with E-state index in [0.29, 0.717) is 5.92 Å². The summed E-state index contributed by atoms with van der Waals surface area (Å²) in [6.45, 7) is 8.77. The van der Waals surface area contributed by atoms with E-state index in [-0.39, 0.29) is 6.61 Å². The number of allylic oxidation sites excluding steroid dienone is 3. The van der Waals surface area contributed by atoms with Crippen molar-refractivity contribution in [2.24, 2.45) is 5.92 Å². The Balaban J connectivity index is 4.00. The van der Waals surface area contributed by atoms with E-state index in [0.717, 1.165) is 12.8 Å². The first-order valence-electron chi connectivity index (χ1n) is 5.05. The monoisotopic (exact) mass is 182 g/mol. The molecule has 0 aromatic heterocycles. The van der Waals surface area contributed by atoms with Gasteiger partial charge < -0.3 is 5.11 Å². The van der Waals surface area contributed by atoms with Gasteiger partial charge in [-0.1, -0.05) is 37.1 Å². The lowest BCUT2D eigenvalue weighted by Gasteiger charge is -2.09. The maximum Gasteiger partial charge on any atom is 0.0615 e. The summed E-state index contributed by atoms with van der Waals surface area (Å²) in [7, 11) is 0. The molecule has 0 aromatic carbocycles. The first-order chi connectivity index (χ1) is 6.11. The lowest BCUT2D eigenvalue weighted by Crippen LogP contribution is -1.96. The van der Waals surface area contributed by atoms with Gasteiger partial charge in [0.25, 0.3) is 0 Å². The van der Waals surface area contributed by atoms with Crippen LogP contribution in [0, 0.1) is 5.92 Å².